The van der Waals surface area contributed by atoms with Crippen LogP contribution in [0.2, 0.25) is 0 Å². The van der Waals surface area contributed by atoms with Crippen molar-refractivity contribution in [1.82, 2.24) is 4.90 Å². The van der Waals surface area contributed by atoms with E-state index >= 15 is 0 Å². The molecule has 1 unspecified atom stereocenters. The van der Waals surface area contributed by atoms with Gasteiger partial charge in [-0.05, 0) is 29.0 Å². The second kappa shape index (κ2) is 10.1. The molecule has 0 amide bonds. The maximum Gasteiger partial charge on any atom is 0.426 e. The summed E-state index contributed by atoms with van der Waals surface area (Å²) in [5.74, 6) is -1.04. The van der Waals surface area contributed by atoms with Gasteiger partial charge in [0.15, 0.2) is 5.84 Å². The number of alkyl halides is 3. The third-order valence-electron chi connectivity index (χ3n) is 6.27. The second-order valence-electron chi connectivity index (χ2n) is 9.91. The van der Waals surface area contributed by atoms with Crippen LogP contribution in [0.25, 0.3) is 11.1 Å². The molecule has 36 heavy (non-hydrogen) atoms. The molecule has 1 aromatic heterocycles. The summed E-state index contributed by atoms with van der Waals surface area (Å²) < 4.78 is 40.7. The lowest BCUT2D eigenvalue weighted by atomic mass is 9.79. The Morgan fingerprint density at radius 3 is 2.33 bits per heavy atom. The number of oxime groups is 1. The number of nitrogens with two attached hydrogens (primary N) is 1. The highest BCUT2D eigenvalue weighted by molar-refractivity contribution is 7.14. The maximum atomic E-state index is 13.6. The quantitative estimate of drug-likeness (QED) is 0.175. The number of benzene rings is 2. The summed E-state index contributed by atoms with van der Waals surface area (Å²) in [7, 11) is 0. The van der Waals surface area contributed by atoms with E-state index in [9.17, 15) is 18.0 Å². The number of hydrogen-bond donors (Lipinski definition) is 1. The first-order valence-electron chi connectivity index (χ1n) is 11.6. The molecule has 1 aliphatic rings. The number of amidine groups is 1. The second-order valence-corrected chi connectivity index (χ2v) is 11.0. The molecule has 190 valence electrons. The summed E-state index contributed by atoms with van der Waals surface area (Å²) in [5, 5.41) is 3.67. The predicted octanol–water partition coefficient (Wildman–Crippen LogP) is 6.53. The van der Waals surface area contributed by atoms with Crippen molar-refractivity contribution in [1.29, 1.82) is 0 Å². The predicted molar refractivity (Wildman–Crippen MR) is 136 cm³/mol. The van der Waals surface area contributed by atoms with E-state index < -0.39 is 17.0 Å². The first-order valence-corrected chi connectivity index (χ1v) is 12.4. The van der Waals surface area contributed by atoms with Gasteiger partial charge in [-0.1, -0.05) is 80.5 Å². The van der Waals surface area contributed by atoms with Crippen molar-refractivity contribution in [3.05, 3.63) is 81.5 Å². The summed E-state index contributed by atoms with van der Waals surface area (Å²) in [5.41, 5.74) is 8.15. The van der Waals surface area contributed by atoms with Crippen LogP contribution in [-0.2, 0) is 17.6 Å². The SMILES string of the molecule is CC(C)(C)C1CCN1Cc1ccc(/C(N)=N\OC(=O)c2cc(-c3ccccc3)c(C(F)(F)F)s2)cc1. The number of rotatable bonds is 6. The van der Waals surface area contributed by atoms with Gasteiger partial charge in [-0.3, -0.25) is 4.90 Å². The van der Waals surface area contributed by atoms with Crippen molar-refractivity contribution in [2.45, 2.75) is 46.0 Å². The zero-order valence-corrected chi connectivity index (χ0v) is 21.1. The number of carbonyl (C=O) groups excluding carboxylic acids is 1. The molecule has 1 atom stereocenters. The molecule has 0 bridgehead atoms. The third-order valence-corrected chi connectivity index (χ3v) is 7.43. The molecule has 0 aliphatic carbocycles. The minimum absolute atomic E-state index is 0.0395. The maximum absolute atomic E-state index is 13.6. The van der Waals surface area contributed by atoms with Gasteiger partial charge in [-0.2, -0.15) is 13.2 Å². The Balaban J connectivity index is 1.44. The van der Waals surface area contributed by atoms with Crippen LogP contribution in [0.15, 0.2) is 65.8 Å². The summed E-state index contributed by atoms with van der Waals surface area (Å²) in [6.07, 6.45) is -3.42. The van der Waals surface area contributed by atoms with Crippen molar-refractivity contribution in [3.8, 4) is 11.1 Å². The Morgan fingerprint density at radius 2 is 1.78 bits per heavy atom. The van der Waals surface area contributed by atoms with E-state index in [2.05, 4.69) is 30.8 Å². The minimum atomic E-state index is -4.61. The lowest BCUT2D eigenvalue weighted by Crippen LogP contribution is -2.53. The number of nitrogens with zero attached hydrogens (tertiary/aromatic N) is 2. The minimum Gasteiger partial charge on any atom is -0.380 e. The summed E-state index contributed by atoms with van der Waals surface area (Å²) in [6.45, 7) is 8.63. The highest BCUT2D eigenvalue weighted by Gasteiger charge is 2.38. The summed E-state index contributed by atoms with van der Waals surface area (Å²) >= 11 is 0.320. The van der Waals surface area contributed by atoms with E-state index in [4.69, 9.17) is 10.6 Å². The number of likely N-dealkylation sites (tertiary alicyclic amines) is 1. The van der Waals surface area contributed by atoms with Crippen LogP contribution in [0.4, 0.5) is 13.2 Å². The zero-order valence-electron chi connectivity index (χ0n) is 20.3. The van der Waals surface area contributed by atoms with E-state index in [1.807, 2.05) is 12.1 Å². The van der Waals surface area contributed by atoms with Crippen LogP contribution >= 0.6 is 11.3 Å². The van der Waals surface area contributed by atoms with E-state index in [1.54, 1.807) is 42.5 Å². The molecule has 2 heterocycles. The fourth-order valence-electron chi connectivity index (χ4n) is 4.35. The van der Waals surface area contributed by atoms with Crippen LogP contribution < -0.4 is 5.73 Å². The Kier molecular flexibility index (Phi) is 7.24. The van der Waals surface area contributed by atoms with Gasteiger partial charge >= 0.3 is 12.1 Å². The van der Waals surface area contributed by atoms with Crippen LogP contribution in [0.3, 0.4) is 0 Å². The van der Waals surface area contributed by atoms with Crippen molar-refractivity contribution >= 4 is 23.1 Å². The normalized spacial score (nSPS) is 17.1. The molecular formula is C27H28F3N3O2S. The average Bonchev–Trinajstić information content (AvgIpc) is 3.26. The largest absolute Gasteiger partial charge is 0.426 e. The van der Waals surface area contributed by atoms with Crippen molar-refractivity contribution in [3.63, 3.8) is 0 Å². The lowest BCUT2D eigenvalue weighted by Gasteiger charge is -2.48. The molecule has 0 spiro atoms. The van der Waals surface area contributed by atoms with E-state index in [1.165, 1.54) is 12.5 Å². The van der Waals surface area contributed by atoms with Gasteiger partial charge in [0, 0.05) is 30.3 Å². The number of thiophene rings is 1. The fraction of sp³-hybridized carbons (Fsp3) is 0.333. The summed E-state index contributed by atoms with van der Waals surface area (Å²) in [4.78, 5) is 18.7. The molecule has 2 aromatic carbocycles. The smallest absolute Gasteiger partial charge is 0.380 e. The van der Waals surface area contributed by atoms with Gasteiger partial charge in [0.25, 0.3) is 0 Å². The number of hydrogen-bond acceptors (Lipinski definition) is 5. The van der Waals surface area contributed by atoms with Gasteiger partial charge in [0.1, 0.15) is 9.75 Å². The van der Waals surface area contributed by atoms with E-state index in [-0.39, 0.29) is 21.7 Å². The number of halogens is 3. The van der Waals surface area contributed by atoms with Gasteiger partial charge in [0.05, 0.1) is 0 Å². The van der Waals surface area contributed by atoms with Crippen molar-refractivity contribution in [2.75, 3.05) is 6.54 Å². The fourth-order valence-corrected chi connectivity index (χ4v) is 5.27. The van der Waals surface area contributed by atoms with Crippen molar-refractivity contribution in [2.24, 2.45) is 16.3 Å². The Morgan fingerprint density at radius 1 is 1.11 bits per heavy atom. The van der Waals surface area contributed by atoms with Crippen LogP contribution in [0.1, 0.15) is 52.9 Å². The Bertz CT molecular complexity index is 1250. The molecule has 0 radical (unpaired) electrons. The standard InChI is InChI=1S/C27H28F3N3O2S/c1-26(2,3)22-13-14-33(22)16-17-9-11-19(12-10-17)24(31)32-35-25(34)21-15-20(18-7-5-4-6-8-18)23(36-21)27(28,29)30/h4-12,15,22H,13-14,16H2,1-3H3,(H2,31,32). The van der Waals surface area contributed by atoms with Crippen LogP contribution in [0, 0.1) is 5.41 Å². The highest BCUT2D eigenvalue weighted by atomic mass is 32.1. The molecule has 1 saturated heterocycles. The van der Waals surface area contributed by atoms with Gasteiger partial charge in [-0.25, -0.2) is 4.79 Å². The molecule has 2 N–H and O–H groups in total. The molecule has 1 fully saturated rings. The highest BCUT2D eigenvalue weighted by Crippen LogP contribution is 2.43. The first kappa shape index (κ1) is 25.9. The Hall–Kier alpha value is -3.17. The van der Waals surface area contributed by atoms with Gasteiger partial charge in [0.2, 0.25) is 0 Å². The topological polar surface area (TPSA) is 67.9 Å². The van der Waals surface area contributed by atoms with Crippen LogP contribution in [-0.4, -0.2) is 29.3 Å². The van der Waals surface area contributed by atoms with E-state index in [0.29, 0.717) is 28.5 Å². The molecular weight excluding hydrogens is 487 g/mol. The molecule has 9 heteroatoms. The third kappa shape index (κ3) is 5.79. The van der Waals surface area contributed by atoms with E-state index in [0.717, 1.165) is 18.7 Å². The first-order chi connectivity index (χ1) is 16.9. The average molecular weight is 516 g/mol. The molecule has 5 nitrogen and oxygen atoms in total. The van der Waals surface area contributed by atoms with Gasteiger partial charge in [-0.15, -0.1) is 11.3 Å². The molecule has 4 rings (SSSR count). The monoisotopic (exact) mass is 515 g/mol. The summed E-state index contributed by atoms with van der Waals surface area (Å²) in [6, 6.07) is 17.2. The lowest BCUT2D eigenvalue weighted by molar-refractivity contribution is -0.133. The van der Waals surface area contributed by atoms with Crippen LogP contribution in [0.5, 0.6) is 0 Å². The van der Waals surface area contributed by atoms with Crippen molar-refractivity contribution < 1.29 is 22.8 Å². The molecule has 3 aromatic rings. The van der Waals surface area contributed by atoms with Gasteiger partial charge < -0.3 is 10.6 Å². The zero-order chi connectivity index (χ0) is 26.1. The Labute approximate surface area is 212 Å². The molecule has 1 aliphatic heterocycles. The molecule has 0 saturated carbocycles. The number of carbonyl (C=O) groups is 1.